The van der Waals surface area contributed by atoms with Crippen LogP contribution in [-0.2, 0) is 4.79 Å². The monoisotopic (exact) mass is 301 g/mol. The van der Waals surface area contributed by atoms with Crippen molar-refractivity contribution in [3.63, 3.8) is 0 Å². The topological polar surface area (TPSA) is 40.5 Å². The van der Waals surface area contributed by atoms with Crippen LogP contribution in [0.1, 0.15) is 93.4 Å². The molecule has 0 amide bonds. The Morgan fingerprint density at radius 2 is 1.19 bits per heavy atom. The fourth-order valence-corrected chi connectivity index (χ4v) is 2.85. The van der Waals surface area contributed by atoms with E-state index >= 15 is 0 Å². The first-order chi connectivity index (χ1) is 9.73. The van der Waals surface area contributed by atoms with Crippen LogP contribution in [0.25, 0.3) is 0 Å². The molecule has 128 valence electrons. The maximum absolute atomic E-state index is 10.1. The lowest BCUT2D eigenvalue weighted by atomic mass is 10.1. The Kier molecular flexibility index (Phi) is 15.5. The van der Waals surface area contributed by atoms with Crippen molar-refractivity contribution in [2.24, 2.45) is 0 Å². The van der Waals surface area contributed by atoms with Gasteiger partial charge in [-0.1, -0.05) is 39.0 Å². The second-order valence-corrected chi connectivity index (χ2v) is 6.64. The van der Waals surface area contributed by atoms with Crippen molar-refractivity contribution in [2.45, 2.75) is 112 Å². The van der Waals surface area contributed by atoms with Gasteiger partial charge in [0, 0.05) is 24.5 Å². The van der Waals surface area contributed by atoms with Crippen LogP contribution in [-0.4, -0.2) is 34.1 Å². The van der Waals surface area contributed by atoms with Crippen LogP contribution in [0.2, 0.25) is 0 Å². The van der Waals surface area contributed by atoms with Crippen molar-refractivity contribution < 1.29 is 9.90 Å². The van der Waals surface area contributed by atoms with E-state index in [1.165, 1.54) is 25.7 Å². The third-order valence-electron chi connectivity index (χ3n) is 3.53. The highest BCUT2D eigenvalue weighted by Gasteiger charge is 2.15. The van der Waals surface area contributed by atoms with Gasteiger partial charge >= 0.3 is 5.97 Å². The summed E-state index contributed by atoms with van der Waals surface area (Å²) < 4.78 is 0. The SMILES string of the molecule is CC(C)N(C(C)C)C(C)C.CCCCCCCCC(=O)O. The number of carbonyl (C=O) groups is 1. The summed E-state index contributed by atoms with van der Waals surface area (Å²) in [6.45, 7) is 15.7. The van der Waals surface area contributed by atoms with Crippen molar-refractivity contribution >= 4 is 5.97 Å². The number of carboxylic acids is 1. The molecule has 0 bridgehead atoms. The Morgan fingerprint density at radius 1 is 0.810 bits per heavy atom. The molecule has 0 aromatic carbocycles. The van der Waals surface area contributed by atoms with Crippen LogP contribution in [0.4, 0.5) is 0 Å². The van der Waals surface area contributed by atoms with E-state index in [9.17, 15) is 4.79 Å². The van der Waals surface area contributed by atoms with E-state index in [0.717, 1.165) is 12.8 Å². The molecule has 0 atom stereocenters. The van der Waals surface area contributed by atoms with E-state index in [-0.39, 0.29) is 0 Å². The van der Waals surface area contributed by atoms with Gasteiger partial charge in [0.1, 0.15) is 0 Å². The number of carboxylic acid groups (broad SMARTS) is 1. The molecule has 0 unspecified atom stereocenters. The molecule has 0 aromatic rings. The Morgan fingerprint density at radius 3 is 1.48 bits per heavy atom. The first kappa shape index (κ1) is 22.7. The second-order valence-electron chi connectivity index (χ2n) is 6.64. The van der Waals surface area contributed by atoms with Crippen LogP contribution in [0, 0.1) is 0 Å². The molecule has 0 rings (SSSR count). The molecule has 0 aromatic heterocycles. The van der Waals surface area contributed by atoms with Crippen molar-refractivity contribution in [2.75, 3.05) is 0 Å². The van der Waals surface area contributed by atoms with Crippen LogP contribution in [0.5, 0.6) is 0 Å². The highest BCUT2D eigenvalue weighted by atomic mass is 16.4. The molecular formula is C18H39NO2. The lowest BCUT2D eigenvalue weighted by molar-refractivity contribution is -0.137. The smallest absolute Gasteiger partial charge is 0.303 e. The van der Waals surface area contributed by atoms with Gasteiger partial charge in [0.15, 0.2) is 0 Å². The summed E-state index contributed by atoms with van der Waals surface area (Å²) in [6, 6.07) is 2.00. The average molecular weight is 302 g/mol. The predicted octanol–water partition coefficient (Wildman–Crippen LogP) is 5.34. The molecule has 0 saturated carbocycles. The maximum atomic E-state index is 10.1. The standard InChI is InChI=1S/C9H21N.C9H18O2/c1-7(2)10(8(3)4)9(5)6;1-2-3-4-5-6-7-8-9(10)11/h7-9H,1-6H3;2-8H2,1H3,(H,10,11). The van der Waals surface area contributed by atoms with Gasteiger partial charge in [-0.15, -0.1) is 0 Å². The third-order valence-corrected chi connectivity index (χ3v) is 3.53. The minimum absolute atomic E-state index is 0.339. The summed E-state index contributed by atoms with van der Waals surface area (Å²) in [4.78, 5) is 12.6. The Hall–Kier alpha value is -0.570. The molecule has 21 heavy (non-hydrogen) atoms. The van der Waals surface area contributed by atoms with Gasteiger partial charge in [-0.05, 0) is 48.0 Å². The molecule has 0 saturated heterocycles. The van der Waals surface area contributed by atoms with Crippen LogP contribution >= 0.6 is 0 Å². The molecule has 0 aliphatic heterocycles. The van der Waals surface area contributed by atoms with E-state index in [4.69, 9.17) is 5.11 Å². The molecule has 0 spiro atoms. The highest BCUT2D eigenvalue weighted by molar-refractivity contribution is 5.66. The fourth-order valence-electron chi connectivity index (χ4n) is 2.85. The van der Waals surface area contributed by atoms with E-state index in [1.54, 1.807) is 0 Å². The van der Waals surface area contributed by atoms with Gasteiger partial charge in [0.25, 0.3) is 0 Å². The Bertz CT molecular complexity index is 218. The predicted molar refractivity (Wildman–Crippen MR) is 92.9 cm³/mol. The van der Waals surface area contributed by atoms with Crippen LogP contribution in [0.15, 0.2) is 0 Å². The molecule has 0 fully saturated rings. The summed E-state index contributed by atoms with van der Waals surface area (Å²) in [5.41, 5.74) is 0. The number of unbranched alkanes of at least 4 members (excludes halogenated alkanes) is 5. The number of aliphatic carboxylic acids is 1. The summed E-state index contributed by atoms with van der Waals surface area (Å²) >= 11 is 0. The van der Waals surface area contributed by atoms with E-state index in [1.807, 2.05) is 0 Å². The second kappa shape index (κ2) is 14.4. The highest BCUT2D eigenvalue weighted by Crippen LogP contribution is 2.09. The number of hydrogen-bond acceptors (Lipinski definition) is 2. The maximum Gasteiger partial charge on any atom is 0.303 e. The summed E-state index contributed by atoms with van der Waals surface area (Å²) in [6.07, 6.45) is 7.25. The van der Waals surface area contributed by atoms with E-state index < -0.39 is 5.97 Å². The average Bonchev–Trinajstić information content (AvgIpc) is 2.32. The zero-order chi connectivity index (χ0) is 16.8. The third kappa shape index (κ3) is 15.6. The van der Waals surface area contributed by atoms with Crippen LogP contribution < -0.4 is 0 Å². The minimum Gasteiger partial charge on any atom is -0.481 e. The van der Waals surface area contributed by atoms with Gasteiger partial charge in [0.05, 0.1) is 0 Å². The van der Waals surface area contributed by atoms with Gasteiger partial charge in [-0.2, -0.15) is 0 Å². The lowest BCUT2D eigenvalue weighted by Gasteiger charge is -2.34. The summed E-state index contributed by atoms with van der Waals surface area (Å²) in [5.74, 6) is -0.666. The minimum atomic E-state index is -0.666. The number of nitrogens with zero attached hydrogens (tertiary/aromatic N) is 1. The molecule has 0 aliphatic rings. The molecular weight excluding hydrogens is 262 g/mol. The van der Waals surface area contributed by atoms with Crippen molar-refractivity contribution in [1.82, 2.24) is 4.90 Å². The van der Waals surface area contributed by atoms with Gasteiger partial charge in [0.2, 0.25) is 0 Å². The molecule has 3 nitrogen and oxygen atoms in total. The zero-order valence-corrected chi connectivity index (χ0v) is 15.5. The van der Waals surface area contributed by atoms with Crippen molar-refractivity contribution in [1.29, 1.82) is 0 Å². The fraction of sp³-hybridized carbons (Fsp3) is 0.944. The van der Waals surface area contributed by atoms with Crippen LogP contribution in [0.3, 0.4) is 0 Å². The molecule has 0 radical (unpaired) electrons. The Labute approximate surface area is 133 Å². The summed E-state index contributed by atoms with van der Waals surface area (Å²) in [7, 11) is 0. The normalized spacial score (nSPS) is 11.2. The molecule has 3 heteroatoms. The Balaban J connectivity index is 0. The molecule has 0 aliphatic carbocycles. The quantitative estimate of drug-likeness (QED) is 0.554. The number of hydrogen-bond donors (Lipinski definition) is 1. The zero-order valence-electron chi connectivity index (χ0n) is 15.5. The van der Waals surface area contributed by atoms with Crippen molar-refractivity contribution in [3.8, 4) is 0 Å². The van der Waals surface area contributed by atoms with Gasteiger partial charge in [-0.3, -0.25) is 9.69 Å². The first-order valence-electron chi connectivity index (χ1n) is 8.73. The number of rotatable bonds is 10. The first-order valence-corrected chi connectivity index (χ1v) is 8.73. The van der Waals surface area contributed by atoms with E-state index in [0.29, 0.717) is 24.5 Å². The van der Waals surface area contributed by atoms with Gasteiger partial charge < -0.3 is 5.11 Å². The summed E-state index contributed by atoms with van der Waals surface area (Å²) in [5, 5.41) is 8.32. The molecule has 0 heterocycles. The lowest BCUT2D eigenvalue weighted by Crippen LogP contribution is -2.42. The van der Waals surface area contributed by atoms with Gasteiger partial charge in [-0.25, -0.2) is 0 Å². The largest absolute Gasteiger partial charge is 0.481 e. The van der Waals surface area contributed by atoms with Crippen molar-refractivity contribution in [3.05, 3.63) is 0 Å². The molecule has 1 N–H and O–H groups in total. The van der Waals surface area contributed by atoms with E-state index in [2.05, 4.69) is 53.4 Å².